The van der Waals surface area contributed by atoms with Gasteiger partial charge in [0.1, 0.15) is 0 Å². The highest BCUT2D eigenvalue weighted by Gasteiger charge is 2.28. The van der Waals surface area contributed by atoms with Crippen molar-refractivity contribution in [2.45, 2.75) is 19.4 Å². The minimum absolute atomic E-state index is 0.000174. The van der Waals surface area contributed by atoms with Crippen molar-refractivity contribution >= 4 is 17.1 Å². The molecule has 2 heterocycles. The Morgan fingerprint density at radius 3 is 2.62 bits per heavy atom. The average molecular weight is 297 g/mol. The highest BCUT2D eigenvalue weighted by molar-refractivity contribution is 5.70. The maximum Gasteiger partial charge on any atom is 0.280 e. The fourth-order valence-corrected chi connectivity index (χ4v) is 2.22. The maximum absolute atomic E-state index is 11.7. The standard InChI is InChI=1S/C12H19N5O4/c13-11-15-9-8(10(21)16-11)14-7-17(9)3-1-12(5-19,6-20)2-4-18/h7,18-20H,1-6H2,(H3,13,15,16,21). The Kier molecular flexibility index (Phi) is 4.56. The number of fused-ring (bicyclic) bond motifs is 1. The third kappa shape index (κ3) is 3.04. The second-order valence-corrected chi connectivity index (χ2v) is 5.10. The number of nitrogens with two attached hydrogens (primary N) is 1. The van der Waals surface area contributed by atoms with Crippen molar-refractivity contribution in [2.75, 3.05) is 25.6 Å². The molecule has 0 saturated heterocycles. The summed E-state index contributed by atoms with van der Waals surface area (Å²) in [7, 11) is 0. The molecule has 0 radical (unpaired) electrons. The molecule has 2 rings (SSSR count). The lowest BCUT2D eigenvalue weighted by molar-refractivity contribution is 0.0226. The number of aromatic amines is 1. The van der Waals surface area contributed by atoms with E-state index >= 15 is 0 Å². The summed E-state index contributed by atoms with van der Waals surface area (Å²) in [5.74, 6) is 0.000174. The smallest absolute Gasteiger partial charge is 0.280 e. The monoisotopic (exact) mass is 297 g/mol. The molecule has 0 fully saturated rings. The number of imidazole rings is 1. The molecular weight excluding hydrogens is 278 g/mol. The van der Waals surface area contributed by atoms with Crippen LogP contribution in [0.5, 0.6) is 0 Å². The summed E-state index contributed by atoms with van der Waals surface area (Å²) in [5, 5.41) is 28.0. The first-order valence-corrected chi connectivity index (χ1v) is 6.58. The molecule has 0 bridgehead atoms. The topological polar surface area (TPSA) is 150 Å². The van der Waals surface area contributed by atoms with Gasteiger partial charge in [-0.05, 0) is 12.8 Å². The van der Waals surface area contributed by atoms with Crippen LogP contribution in [0.1, 0.15) is 12.8 Å². The molecule has 116 valence electrons. The lowest BCUT2D eigenvalue weighted by Gasteiger charge is -2.29. The summed E-state index contributed by atoms with van der Waals surface area (Å²) in [6.45, 7) is -0.232. The molecule has 21 heavy (non-hydrogen) atoms. The minimum atomic E-state index is -0.780. The van der Waals surface area contributed by atoms with Crippen LogP contribution in [0.25, 0.3) is 11.2 Å². The third-order valence-corrected chi connectivity index (χ3v) is 3.69. The number of nitrogen functional groups attached to an aromatic ring is 1. The van der Waals surface area contributed by atoms with Gasteiger partial charge >= 0.3 is 0 Å². The van der Waals surface area contributed by atoms with Gasteiger partial charge in [0.15, 0.2) is 11.2 Å². The molecule has 0 atom stereocenters. The van der Waals surface area contributed by atoms with Crippen LogP contribution in [0.4, 0.5) is 5.95 Å². The van der Waals surface area contributed by atoms with Crippen LogP contribution in [0, 0.1) is 5.41 Å². The Labute approximate surface area is 120 Å². The normalized spacial score (nSPS) is 12.1. The molecule has 9 nitrogen and oxygen atoms in total. The van der Waals surface area contributed by atoms with E-state index in [0.29, 0.717) is 18.6 Å². The highest BCUT2D eigenvalue weighted by atomic mass is 16.3. The minimum Gasteiger partial charge on any atom is -0.396 e. The third-order valence-electron chi connectivity index (χ3n) is 3.69. The molecular formula is C12H19N5O4. The van der Waals surface area contributed by atoms with Gasteiger partial charge in [-0.25, -0.2) is 4.98 Å². The van der Waals surface area contributed by atoms with Crippen molar-refractivity contribution in [3.8, 4) is 0 Å². The largest absolute Gasteiger partial charge is 0.396 e. The predicted molar refractivity (Wildman–Crippen MR) is 75.5 cm³/mol. The number of nitrogens with zero attached hydrogens (tertiary/aromatic N) is 3. The first-order chi connectivity index (χ1) is 10.0. The van der Waals surface area contributed by atoms with E-state index in [9.17, 15) is 15.0 Å². The predicted octanol–water partition coefficient (Wildman–Crippen LogP) is -1.55. The second kappa shape index (κ2) is 6.20. The van der Waals surface area contributed by atoms with Crippen molar-refractivity contribution in [1.82, 2.24) is 19.5 Å². The Morgan fingerprint density at radius 2 is 2.00 bits per heavy atom. The van der Waals surface area contributed by atoms with Gasteiger partial charge in [-0.1, -0.05) is 0 Å². The van der Waals surface area contributed by atoms with Gasteiger partial charge in [-0.3, -0.25) is 9.78 Å². The average Bonchev–Trinajstić information content (AvgIpc) is 2.87. The molecule has 9 heteroatoms. The summed E-state index contributed by atoms with van der Waals surface area (Å²) in [6.07, 6.45) is 2.15. The SMILES string of the molecule is Nc1nc2c(ncn2CCC(CO)(CO)CCO)c(=O)[nH]1. The van der Waals surface area contributed by atoms with Crippen LogP contribution >= 0.6 is 0 Å². The quantitative estimate of drug-likeness (QED) is 0.415. The Morgan fingerprint density at radius 1 is 1.29 bits per heavy atom. The number of rotatable bonds is 7. The molecule has 0 unspecified atom stereocenters. The van der Waals surface area contributed by atoms with Crippen molar-refractivity contribution in [3.05, 3.63) is 16.7 Å². The van der Waals surface area contributed by atoms with Crippen LogP contribution in [-0.4, -0.2) is 54.7 Å². The summed E-state index contributed by atoms with van der Waals surface area (Å²) in [4.78, 5) is 22.1. The van der Waals surface area contributed by atoms with E-state index in [4.69, 9.17) is 10.8 Å². The number of H-pyrrole nitrogens is 1. The second-order valence-electron chi connectivity index (χ2n) is 5.10. The first-order valence-electron chi connectivity index (χ1n) is 6.58. The van der Waals surface area contributed by atoms with Gasteiger partial charge in [-0.2, -0.15) is 4.98 Å². The molecule has 0 aliphatic carbocycles. The van der Waals surface area contributed by atoms with E-state index in [-0.39, 0.29) is 37.7 Å². The number of hydrogen-bond donors (Lipinski definition) is 5. The number of aliphatic hydroxyl groups is 3. The lowest BCUT2D eigenvalue weighted by atomic mass is 9.83. The fourth-order valence-electron chi connectivity index (χ4n) is 2.22. The van der Waals surface area contributed by atoms with Crippen LogP contribution in [0.2, 0.25) is 0 Å². The van der Waals surface area contributed by atoms with Crippen LogP contribution in [0.3, 0.4) is 0 Å². The molecule has 0 amide bonds. The zero-order valence-corrected chi connectivity index (χ0v) is 11.5. The molecule has 6 N–H and O–H groups in total. The molecule has 2 aromatic heterocycles. The van der Waals surface area contributed by atoms with E-state index in [1.54, 1.807) is 4.57 Å². The van der Waals surface area contributed by atoms with Gasteiger partial charge in [0.05, 0.1) is 19.5 Å². The first kappa shape index (κ1) is 15.4. The summed E-state index contributed by atoms with van der Waals surface area (Å²) >= 11 is 0. The van der Waals surface area contributed by atoms with Gasteiger partial charge in [0, 0.05) is 18.6 Å². The van der Waals surface area contributed by atoms with Gasteiger partial charge in [0.25, 0.3) is 5.56 Å². The van der Waals surface area contributed by atoms with Gasteiger partial charge in [-0.15, -0.1) is 0 Å². The van der Waals surface area contributed by atoms with E-state index in [1.165, 1.54) is 6.33 Å². The van der Waals surface area contributed by atoms with Crippen molar-refractivity contribution in [2.24, 2.45) is 5.41 Å². The fraction of sp³-hybridized carbons (Fsp3) is 0.583. The van der Waals surface area contributed by atoms with Crippen molar-refractivity contribution in [3.63, 3.8) is 0 Å². The maximum atomic E-state index is 11.7. The van der Waals surface area contributed by atoms with Crippen LogP contribution in [0.15, 0.2) is 11.1 Å². The zero-order chi connectivity index (χ0) is 15.5. The molecule has 0 aliphatic heterocycles. The molecule has 0 aliphatic rings. The molecule has 0 spiro atoms. The number of hydrogen-bond acceptors (Lipinski definition) is 7. The van der Waals surface area contributed by atoms with E-state index in [1.807, 2.05) is 0 Å². The van der Waals surface area contributed by atoms with Crippen molar-refractivity contribution in [1.29, 1.82) is 0 Å². The lowest BCUT2D eigenvalue weighted by Crippen LogP contribution is -2.32. The molecule has 2 aromatic rings. The van der Waals surface area contributed by atoms with E-state index < -0.39 is 11.0 Å². The summed E-state index contributed by atoms with van der Waals surface area (Å²) < 4.78 is 1.64. The highest BCUT2D eigenvalue weighted by Crippen LogP contribution is 2.26. The van der Waals surface area contributed by atoms with Crippen LogP contribution in [-0.2, 0) is 6.54 Å². The Hall–Kier alpha value is -1.97. The van der Waals surface area contributed by atoms with Crippen molar-refractivity contribution < 1.29 is 15.3 Å². The summed E-state index contributed by atoms with van der Waals surface area (Å²) in [5.41, 5.74) is 4.86. The number of aromatic nitrogens is 4. The Bertz CT molecular complexity index is 661. The van der Waals surface area contributed by atoms with E-state index in [2.05, 4.69) is 15.0 Å². The number of nitrogens with one attached hydrogen (secondary N) is 1. The Balaban J connectivity index is 2.26. The number of anilines is 1. The molecule has 0 saturated carbocycles. The number of aliphatic hydroxyl groups excluding tert-OH is 3. The van der Waals surface area contributed by atoms with Gasteiger partial charge in [0.2, 0.25) is 5.95 Å². The summed E-state index contributed by atoms with van der Waals surface area (Å²) in [6, 6.07) is 0. The molecule has 0 aromatic carbocycles. The van der Waals surface area contributed by atoms with Gasteiger partial charge < -0.3 is 25.6 Å². The van der Waals surface area contributed by atoms with Crippen LogP contribution < -0.4 is 11.3 Å². The number of aryl methyl sites for hydroxylation is 1. The zero-order valence-electron chi connectivity index (χ0n) is 11.5. The van der Waals surface area contributed by atoms with E-state index in [0.717, 1.165) is 0 Å².